The van der Waals surface area contributed by atoms with E-state index in [-0.39, 0.29) is 24.4 Å². The van der Waals surface area contributed by atoms with E-state index < -0.39 is 6.04 Å². The topological polar surface area (TPSA) is 59.0 Å². The van der Waals surface area contributed by atoms with Crippen LogP contribution in [0.3, 0.4) is 0 Å². The average Bonchev–Trinajstić information content (AvgIpc) is 3.01. The van der Waals surface area contributed by atoms with Gasteiger partial charge < -0.3 is 10.6 Å². The maximum Gasteiger partial charge on any atom is 0.242 e. The molecule has 1 amide bonds. The Morgan fingerprint density at radius 3 is 2.48 bits per heavy atom. The van der Waals surface area contributed by atoms with Gasteiger partial charge in [-0.1, -0.05) is 36.4 Å². The zero-order valence-electron chi connectivity index (χ0n) is 14.6. The van der Waals surface area contributed by atoms with Gasteiger partial charge in [0.1, 0.15) is 6.04 Å². The lowest BCUT2D eigenvalue weighted by atomic mass is 10.0. The first-order chi connectivity index (χ1) is 11.6. The number of halogens is 1. The molecule has 0 aliphatic heterocycles. The number of carbonyl (C=O) groups is 1. The van der Waals surface area contributed by atoms with Crippen LogP contribution in [0.15, 0.2) is 54.9 Å². The first-order valence-electron chi connectivity index (χ1n) is 8.03. The molecule has 1 heterocycles. The Balaban J connectivity index is 0.00000225. The van der Waals surface area contributed by atoms with Crippen LogP contribution in [0.25, 0.3) is 10.8 Å². The molecule has 5 nitrogen and oxygen atoms in total. The summed E-state index contributed by atoms with van der Waals surface area (Å²) in [6, 6.07) is 14.0. The van der Waals surface area contributed by atoms with Crippen molar-refractivity contribution in [1.29, 1.82) is 0 Å². The molecule has 0 spiro atoms. The Morgan fingerprint density at radius 1 is 1.12 bits per heavy atom. The fourth-order valence-corrected chi connectivity index (χ4v) is 2.90. The summed E-state index contributed by atoms with van der Waals surface area (Å²) in [4.78, 5) is 12.6. The number of rotatable bonds is 5. The van der Waals surface area contributed by atoms with Gasteiger partial charge in [0.2, 0.25) is 5.91 Å². The molecule has 2 atom stereocenters. The molecule has 6 heteroatoms. The quantitative estimate of drug-likeness (QED) is 0.736. The highest BCUT2D eigenvalue weighted by molar-refractivity contribution is 5.85. The number of nitrogens with one attached hydrogen (secondary N) is 2. The molecule has 0 aliphatic rings. The van der Waals surface area contributed by atoms with E-state index in [1.54, 1.807) is 17.9 Å². The van der Waals surface area contributed by atoms with Crippen molar-refractivity contribution in [1.82, 2.24) is 20.4 Å². The highest BCUT2D eigenvalue weighted by Gasteiger charge is 2.22. The number of hydrogen-bond acceptors (Lipinski definition) is 3. The van der Waals surface area contributed by atoms with Gasteiger partial charge in [0, 0.05) is 18.8 Å². The van der Waals surface area contributed by atoms with Crippen molar-refractivity contribution in [3.05, 3.63) is 66.0 Å². The number of aromatic nitrogens is 2. The van der Waals surface area contributed by atoms with Gasteiger partial charge in [-0.05, 0) is 36.4 Å². The maximum absolute atomic E-state index is 12.6. The fraction of sp³-hybridized carbons (Fsp3) is 0.263. The number of carbonyl (C=O) groups excluding carboxylic acids is 1. The standard InChI is InChI=1S/C19H22N4O.ClH/c1-13(15-9-8-14-6-4-5-7-16(14)10-15)22-19(24)18(20-2)17-11-21-23(3)12-17;/h4-13,18,20H,1-3H3,(H,22,24);1H. The highest BCUT2D eigenvalue weighted by Crippen LogP contribution is 2.21. The van der Waals surface area contributed by atoms with Crippen LogP contribution < -0.4 is 10.6 Å². The summed E-state index contributed by atoms with van der Waals surface area (Å²) in [5, 5.41) is 12.6. The first kappa shape index (κ1) is 19.0. The number of aryl methyl sites for hydroxylation is 1. The Labute approximate surface area is 153 Å². The summed E-state index contributed by atoms with van der Waals surface area (Å²) in [6.07, 6.45) is 3.56. The van der Waals surface area contributed by atoms with E-state index in [0.717, 1.165) is 11.1 Å². The minimum absolute atomic E-state index is 0. The van der Waals surface area contributed by atoms with E-state index in [4.69, 9.17) is 0 Å². The summed E-state index contributed by atoms with van der Waals surface area (Å²) in [6.45, 7) is 2.00. The van der Waals surface area contributed by atoms with Crippen LogP contribution in [-0.2, 0) is 11.8 Å². The van der Waals surface area contributed by atoms with Gasteiger partial charge in [-0.3, -0.25) is 9.48 Å². The number of likely N-dealkylation sites (N-methyl/N-ethyl adjacent to an activating group) is 1. The molecular formula is C19H23ClN4O. The third kappa shape index (κ3) is 4.18. The monoisotopic (exact) mass is 358 g/mol. The van der Waals surface area contributed by atoms with Gasteiger partial charge in [0.15, 0.2) is 0 Å². The van der Waals surface area contributed by atoms with Gasteiger partial charge in [-0.2, -0.15) is 5.10 Å². The molecule has 3 rings (SSSR count). The summed E-state index contributed by atoms with van der Waals surface area (Å²) in [5.41, 5.74) is 1.94. The van der Waals surface area contributed by atoms with Gasteiger partial charge in [-0.25, -0.2) is 0 Å². The smallest absolute Gasteiger partial charge is 0.242 e. The van der Waals surface area contributed by atoms with E-state index in [1.165, 1.54) is 10.8 Å². The first-order valence-corrected chi connectivity index (χ1v) is 8.03. The third-order valence-corrected chi connectivity index (χ3v) is 4.24. The number of fused-ring (bicyclic) bond motifs is 1. The Bertz CT molecular complexity index is 861. The van der Waals surface area contributed by atoms with Crippen molar-refractivity contribution in [2.45, 2.75) is 19.0 Å². The molecule has 0 bridgehead atoms. The zero-order valence-corrected chi connectivity index (χ0v) is 15.4. The molecule has 0 saturated heterocycles. The highest BCUT2D eigenvalue weighted by atomic mass is 35.5. The maximum atomic E-state index is 12.6. The molecule has 3 aromatic rings. The predicted octanol–water partition coefficient (Wildman–Crippen LogP) is 3.13. The van der Waals surface area contributed by atoms with Crippen LogP contribution in [0, 0.1) is 0 Å². The van der Waals surface area contributed by atoms with Crippen molar-refractivity contribution < 1.29 is 4.79 Å². The molecule has 0 fully saturated rings. The van der Waals surface area contributed by atoms with Crippen LogP contribution in [-0.4, -0.2) is 22.7 Å². The number of hydrogen-bond donors (Lipinski definition) is 2. The largest absolute Gasteiger partial charge is 0.348 e. The summed E-state index contributed by atoms with van der Waals surface area (Å²) in [7, 11) is 3.61. The van der Waals surface area contributed by atoms with Crippen LogP contribution in [0.5, 0.6) is 0 Å². The molecule has 1 aromatic heterocycles. The Hall–Kier alpha value is -2.37. The minimum atomic E-state index is -0.415. The van der Waals surface area contributed by atoms with Crippen LogP contribution in [0.2, 0.25) is 0 Å². The predicted molar refractivity (Wildman–Crippen MR) is 103 cm³/mol. The van der Waals surface area contributed by atoms with Crippen LogP contribution in [0.1, 0.15) is 30.1 Å². The Morgan fingerprint density at radius 2 is 1.84 bits per heavy atom. The number of benzene rings is 2. The number of nitrogens with zero attached hydrogens (tertiary/aromatic N) is 2. The van der Waals surface area contributed by atoms with E-state index >= 15 is 0 Å². The lowest BCUT2D eigenvalue weighted by Gasteiger charge is -2.20. The molecule has 25 heavy (non-hydrogen) atoms. The van der Waals surface area contributed by atoms with Crippen molar-refractivity contribution >= 4 is 29.1 Å². The molecule has 0 aliphatic carbocycles. The second-order valence-corrected chi connectivity index (χ2v) is 6.01. The molecular weight excluding hydrogens is 336 g/mol. The second-order valence-electron chi connectivity index (χ2n) is 6.01. The molecule has 0 radical (unpaired) electrons. The van der Waals surface area contributed by atoms with Gasteiger partial charge in [0.25, 0.3) is 0 Å². The molecule has 2 aromatic carbocycles. The zero-order chi connectivity index (χ0) is 17.1. The van der Waals surface area contributed by atoms with E-state index in [0.29, 0.717) is 0 Å². The number of amides is 1. The van der Waals surface area contributed by atoms with Crippen LogP contribution in [0.4, 0.5) is 0 Å². The Kier molecular flexibility index (Phi) is 6.17. The summed E-state index contributed by atoms with van der Waals surface area (Å²) < 4.78 is 1.69. The van der Waals surface area contributed by atoms with E-state index in [2.05, 4.69) is 46.1 Å². The minimum Gasteiger partial charge on any atom is -0.348 e. The molecule has 2 unspecified atom stereocenters. The van der Waals surface area contributed by atoms with Gasteiger partial charge >= 0.3 is 0 Å². The third-order valence-electron chi connectivity index (χ3n) is 4.24. The van der Waals surface area contributed by atoms with Crippen molar-refractivity contribution in [2.75, 3.05) is 7.05 Å². The lowest BCUT2D eigenvalue weighted by molar-refractivity contribution is -0.123. The van der Waals surface area contributed by atoms with E-state index in [9.17, 15) is 4.79 Å². The molecule has 2 N–H and O–H groups in total. The van der Waals surface area contributed by atoms with E-state index in [1.807, 2.05) is 32.3 Å². The summed E-state index contributed by atoms with van der Waals surface area (Å²) in [5.74, 6) is -0.0637. The molecule has 132 valence electrons. The van der Waals surface area contributed by atoms with Crippen LogP contribution >= 0.6 is 12.4 Å². The van der Waals surface area contributed by atoms with Gasteiger partial charge in [-0.15, -0.1) is 12.4 Å². The van der Waals surface area contributed by atoms with Crippen molar-refractivity contribution in [3.63, 3.8) is 0 Å². The normalized spacial score (nSPS) is 13.1. The lowest BCUT2D eigenvalue weighted by Crippen LogP contribution is -2.37. The SMILES string of the molecule is CNC(C(=O)NC(C)c1ccc2ccccc2c1)c1cnn(C)c1.Cl. The van der Waals surface area contributed by atoms with Crippen molar-refractivity contribution in [3.8, 4) is 0 Å². The molecule has 0 saturated carbocycles. The second kappa shape index (κ2) is 8.14. The van der Waals surface area contributed by atoms with Gasteiger partial charge in [0.05, 0.1) is 12.2 Å². The van der Waals surface area contributed by atoms with Crippen molar-refractivity contribution in [2.24, 2.45) is 7.05 Å². The summed E-state index contributed by atoms with van der Waals surface area (Å²) >= 11 is 0. The average molecular weight is 359 g/mol. The fourth-order valence-electron chi connectivity index (χ4n) is 2.90.